The Morgan fingerprint density at radius 1 is 1.11 bits per heavy atom. The van der Waals surface area contributed by atoms with Gasteiger partial charge in [0.05, 0.1) is 0 Å². The first-order chi connectivity index (χ1) is 8.97. The van der Waals surface area contributed by atoms with Crippen LogP contribution in [0.5, 0.6) is 0 Å². The van der Waals surface area contributed by atoms with Crippen LogP contribution in [0.25, 0.3) is 0 Å². The Kier molecular flexibility index (Phi) is 3.76. The number of amides is 1. The molecule has 2 aromatic carbocycles. The molecule has 1 amide bonds. The van der Waals surface area contributed by atoms with Crippen molar-refractivity contribution in [1.29, 1.82) is 0 Å². The molecule has 2 aromatic rings. The number of benzene rings is 2. The highest BCUT2D eigenvalue weighted by Gasteiger charge is 2.08. The number of nitrogens with one attached hydrogen (secondary N) is 1. The van der Waals surface area contributed by atoms with E-state index in [-0.39, 0.29) is 5.91 Å². The maximum Gasteiger partial charge on any atom is 0.255 e. The summed E-state index contributed by atoms with van der Waals surface area (Å²) in [6.45, 7) is 3.79. The second-order valence-electron chi connectivity index (χ2n) is 4.49. The molecule has 3 nitrogen and oxygen atoms in total. The molecule has 0 aliphatic rings. The van der Waals surface area contributed by atoms with E-state index in [1.54, 1.807) is 24.3 Å². The molecule has 0 unspecified atom stereocenters. The largest absolute Gasteiger partial charge is 0.398 e. The molecule has 0 fully saturated rings. The van der Waals surface area contributed by atoms with Crippen LogP contribution in [0.2, 0.25) is 5.02 Å². The molecule has 4 heteroatoms. The number of carbonyl (C=O) groups is 1. The van der Waals surface area contributed by atoms with Crippen LogP contribution in [0, 0.1) is 13.8 Å². The number of nitrogens with two attached hydrogens (primary N) is 1. The summed E-state index contributed by atoms with van der Waals surface area (Å²) in [7, 11) is 0. The average molecular weight is 275 g/mol. The van der Waals surface area contributed by atoms with Crippen molar-refractivity contribution in [2.24, 2.45) is 0 Å². The van der Waals surface area contributed by atoms with Crippen molar-refractivity contribution in [2.75, 3.05) is 11.1 Å². The van der Waals surface area contributed by atoms with E-state index in [0.717, 1.165) is 11.1 Å². The molecule has 0 atom stereocenters. The molecule has 98 valence electrons. The molecule has 0 aliphatic carbocycles. The molecule has 19 heavy (non-hydrogen) atoms. The van der Waals surface area contributed by atoms with E-state index in [2.05, 4.69) is 5.32 Å². The minimum absolute atomic E-state index is 0.187. The van der Waals surface area contributed by atoms with Crippen molar-refractivity contribution in [3.8, 4) is 0 Å². The summed E-state index contributed by atoms with van der Waals surface area (Å²) in [4.78, 5) is 12.1. The standard InChI is InChI=1S/C15H15ClN2O/c1-9-3-4-11(8-14(9)17)15(19)18-12-5-6-13(16)10(2)7-12/h3-8H,17H2,1-2H3,(H,18,19). The van der Waals surface area contributed by atoms with E-state index < -0.39 is 0 Å². The molecule has 0 aromatic heterocycles. The van der Waals surface area contributed by atoms with Gasteiger partial charge in [0.15, 0.2) is 0 Å². The zero-order valence-corrected chi connectivity index (χ0v) is 11.6. The highest BCUT2D eigenvalue weighted by Crippen LogP contribution is 2.20. The minimum Gasteiger partial charge on any atom is -0.398 e. The highest BCUT2D eigenvalue weighted by molar-refractivity contribution is 6.31. The maximum absolute atomic E-state index is 12.1. The minimum atomic E-state index is -0.187. The van der Waals surface area contributed by atoms with Crippen LogP contribution in [0.1, 0.15) is 21.5 Å². The van der Waals surface area contributed by atoms with Gasteiger partial charge in [0, 0.05) is 22.0 Å². The molecule has 0 radical (unpaired) electrons. The Morgan fingerprint density at radius 2 is 1.84 bits per heavy atom. The number of rotatable bonds is 2. The fourth-order valence-corrected chi connectivity index (χ4v) is 1.82. The summed E-state index contributed by atoms with van der Waals surface area (Å²) >= 11 is 5.94. The van der Waals surface area contributed by atoms with Crippen molar-refractivity contribution < 1.29 is 4.79 Å². The normalized spacial score (nSPS) is 10.3. The molecule has 0 saturated heterocycles. The summed E-state index contributed by atoms with van der Waals surface area (Å²) in [5, 5.41) is 3.50. The summed E-state index contributed by atoms with van der Waals surface area (Å²) in [6, 6.07) is 10.6. The first kappa shape index (κ1) is 13.4. The van der Waals surface area contributed by atoms with E-state index >= 15 is 0 Å². The molecular formula is C15H15ClN2O. The monoisotopic (exact) mass is 274 g/mol. The Labute approximate surface area is 117 Å². The fourth-order valence-electron chi connectivity index (χ4n) is 1.71. The summed E-state index contributed by atoms with van der Waals surface area (Å²) in [5.74, 6) is -0.187. The van der Waals surface area contributed by atoms with Gasteiger partial charge in [0.2, 0.25) is 0 Å². The lowest BCUT2D eigenvalue weighted by atomic mass is 10.1. The summed E-state index contributed by atoms with van der Waals surface area (Å²) in [6.07, 6.45) is 0. The Bertz CT molecular complexity index is 638. The van der Waals surface area contributed by atoms with E-state index in [0.29, 0.717) is 22.0 Å². The SMILES string of the molecule is Cc1ccc(C(=O)Nc2ccc(Cl)c(C)c2)cc1N. The molecular weight excluding hydrogens is 260 g/mol. The van der Waals surface area contributed by atoms with Gasteiger partial charge in [-0.25, -0.2) is 0 Å². The lowest BCUT2D eigenvalue weighted by molar-refractivity contribution is 0.102. The van der Waals surface area contributed by atoms with Gasteiger partial charge in [-0.2, -0.15) is 0 Å². The van der Waals surface area contributed by atoms with Gasteiger partial charge < -0.3 is 11.1 Å². The lowest BCUT2D eigenvalue weighted by Crippen LogP contribution is -2.12. The predicted octanol–water partition coefficient (Wildman–Crippen LogP) is 3.79. The van der Waals surface area contributed by atoms with Crippen LogP contribution in [0.4, 0.5) is 11.4 Å². The number of anilines is 2. The van der Waals surface area contributed by atoms with Gasteiger partial charge in [-0.15, -0.1) is 0 Å². The molecule has 0 bridgehead atoms. The lowest BCUT2D eigenvalue weighted by Gasteiger charge is -2.08. The van der Waals surface area contributed by atoms with Crippen LogP contribution >= 0.6 is 11.6 Å². The topological polar surface area (TPSA) is 55.1 Å². The number of hydrogen-bond acceptors (Lipinski definition) is 2. The molecule has 2 rings (SSSR count). The van der Waals surface area contributed by atoms with Crippen molar-refractivity contribution in [1.82, 2.24) is 0 Å². The van der Waals surface area contributed by atoms with Crippen molar-refractivity contribution in [3.63, 3.8) is 0 Å². The quantitative estimate of drug-likeness (QED) is 0.819. The zero-order valence-electron chi connectivity index (χ0n) is 10.8. The predicted molar refractivity (Wildman–Crippen MR) is 79.7 cm³/mol. The Hall–Kier alpha value is -2.00. The van der Waals surface area contributed by atoms with Gasteiger partial charge in [-0.3, -0.25) is 4.79 Å². The van der Waals surface area contributed by atoms with Crippen molar-refractivity contribution in [2.45, 2.75) is 13.8 Å². The third-order valence-electron chi connectivity index (χ3n) is 2.96. The average Bonchev–Trinajstić information content (AvgIpc) is 2.37. The van der Waals surface area contributed by atoms with Crippen LogP contribution in [-0.4, -0.2) is 5.91 Å². The molecule has 0 heterocycles. The van der Waals surface area contributed by atoms with Crippen LogP contribution < -0.4 is 11.1 Å². The third kappa shape index (κ3) is 3.06. The zero-order chi connectivity index (χ0) is 14.0. The van der Waals surface area contributed by atoms with Crippen LogP contribution in [0.3, 0.4) is 0 Å². The Morgan fingerprint density at radius 3 is 2.47 bits per heavy atom. The van der Waals surface area contributed by atoms with Gasteiger partial charge in [-0.05, 0) is 55.3 Å². The molecule has 0 aliphatic heterocycles. The summed E-state index contributed by atoms with van der Waals surface area (Å²) in [5.41, 5.74) is 9.54. The second kappa shape index (κ2) is 5.33. The fraction of sp³-hybridized carbons (Fsp3) is 0.133. The number of aryl methyl sites for hydroxylation is 2. The second-order valence-corrected chi connectivity index (χ2v) is 4.90. The first-order valence-electron chi connectivity index (χ1n) is 5.91. The highest BCUT2D eigenvalue weighted by atomic mass is 35.5. The molecule has 0 saturated carbocycles. The van der Waals surface area contributed by atoms with Gasteiger partial charge in [0.25, 0.3) is 5.91 Å². The maximum atomic E-state index is 12.1. The number of carbonyl (C=O) groups excluding carboxylic acids is 1. The van der Waals surface area contributed by atoms with E-state index in [1.165, 1.54) is 0 Å². The molecule has 0 spiro atoms. The first-order valence-corrected chi connectivity index (χ1v) is 6.29. The van der Waals surface area contributed by atoms with Crippen LogP contribution in [-0.2, 0) is 0 Å². The van der Waals surface area contributed by atoms with Crippen LogP contribution in [0.15, 0.2) is 36.4 Å². The summed E-state index contributed by atoms with van der Waals surface area (Å²) < 4.78 is 0. The van der Waals surface area contributed by atoms with E-state index in [1.807, 2.05) is 26.0 Å². The van der Waals surface area contributed by atoms with Gasteiger partial charge in [-0.1, -0.05) is 17.7 Å². The Balaban J connectivity index is 2.20. The van der Waals surface area contributed by atoms with Gasteiger partial charge >= 0.3 is 0 Å². The van der Waals surface area contributed by atoms with Gasteiger partial charge in [0.1, 0.15) is 0 Å². The number of halogens is 1. The van der Waals surface area contributed by atoms with Crippen molar-refractivity contribution >= 4 is 28.9 Å². The number of hydrogen-bond donors (Lipinski definition) is 2. The molecule has 3 N–H and O–H groups in total. The third-order valence-corrected chi connectivity index (χ3v) is 3.38. The van der Waals surface area contributed by atoms with E-state index in [4.69, 9.17) is 17.3 Å². The van der Waals surface area contributed by atoms with E-state index in [9.17, 15) is 4.79 Å². The van der Waals surface area contributed by atoms with Crippen molar-refractivity contribution in [3.05, 3.63) is 58.1 Å². The number of nitrogen functional groups attached to an aromatic ring is 1. The smallest absolute Gasteiger partial charge is 0.255 e.